The Kier molecular flexibility index (Phi) is 34.7. The summed E-state index contributed by atoms with van der Waals surface area (Å²) in [5.74, 6) is -0.607. The molecule has 13 nitrogen and oxygen atoms in total. The Bertz CT molecular complexity index is 1190. The lowest BCUT2D eigenvalue weighted by molar-refractivity contribution is -0.220. The molecule has 0 aromatic carbocycles. The number of aliphatic hydroxyl groups excluding tert-OH is 7. The third kappa shape index (κ3) is 28.8. The summed E-state index contributed by atoms with van der Waals surface area (Å²) in [6.07, 6.45) is 28.3. The maximum atomic E-state index is 13.0. The van der Waals surface area contributed by atoms with Gasteiger partial charge in [-0.15, -0.1) is 0 Å². The molecule has 0 aromatic heterocycles. The number of nitrogens with one attached hydrogen (secondary N) is 1. The Labute approximate surface area is 368 Å². The van der Waals surface area contributed by atoms with E-state index in [0.29, 0.717) is 19.3 Å². The van der Waals surface area contributed by atoms with Crippen LogP contribution in [0.4, 0.5) is 0 Å². The Morgan fingerprint density at radius 2 is 0.967 bits per heavy atom. The van der Waals surface area contributed by atoms with Crippen molar-refractivity contribution in [3.05, 3.63) is 36.5 Å². The first-order valence-corrected chi connectivity index (χ1v) is 25.5. The number of carbonyl (C=O) groups is 1. The van der Waals surface area contributed by atoms with Gasteiger partial charge in [-0.05, 0) is 38.5 Å². The highest BCUT2D eigenvalue weighted by atomic mass is 31.2. The summed E-state index contributed by atoms with van der Waals surface area (Å²) < 4.78 is 22.8. The van der Waals surface area contributed by atoms with Crippen LogP contribution in [0.25, 0.3) is 0 Å². The third-order valence-electron chi connectivity index (χ3n) is 11.4. The summed E-state index contributed by atoms with van der Waals surface area (Å²) in [6.45, 7) is 3.65. The highest BCUT2D eigenvalue weighted by Crippen LogP contribution is 2.47. The molecule has 1 amide bonds. The molecule has 358 valence electrons. The fourth-order valence-electron chi connectivity index (χ4n) is 7.52. The van der Waals surface area contributed by atoms with Gasteiger partial charge in [0.1, 0.15) is 36.6 Å². The molecule has 1 fully saturated rings. The van der Waals surface area contributed by atoms with Gasteiger partial charge in [-0.3, -0.25) is 13.8 Å². The quantitative estimate of drug-likeness (QED) is 0.0162. The smallest absolute Gasteiger partial charge is 0.393 e. The minimum Gasteiger partial charge on any atom is -0.393 e. The summed E-state index contributed by atoms with van der Waals surface area (Å²) in [6, 6.07) is -1.26. The molecule has 0 heterocycles. The summed E-state index contributed by atoms with van der Waals surface area (Å²) in [5.41, 5.74) is 0. The van der Waals surface area contributed by atoms with Crippen LogP contribution in [-0.4, -0.2) is 108 Å². The van der Waals surface area contributed by atoms with Crippen molar-refractivity contribution in [2.45, 2.75) is 249 Å². The average molecular weight is 890 g/mol. The molecule has 8 atom stereocenters. The number of phosphoric acid groups is 1. The SMILES string of the molecule is CCC/C=C/CC/C=C/CC/C=C/C(O)C(COP(=O)(O)OC1C(O)C(O)C(O)C(O)C1O)NC(=O)CC(O)CCCCCCCCCCCCCCCCCCCCCC. The summed E-state index contributed by atoms with van der Waals surface area (Å²) in [4.78, 5) is 23.4. The molecule has 0 spiro atoms. The molecular weight excluding hydrogens is 801 g/mol. The molecule has 1 saturated carbocycles. The minimum atomic E-state index is -5.15. The Morgan fingerprint density at radius 1 is 0.574 bits per heavy atom. The Morgan fingerprint density at radius 3 is 1.41 bits per heavy atom. The normalized spacial score (nSPS) is 23.5. The predicted molar refractivity (Wildman–Crippen MR) is 243 cm³/mol. The molecule has 0 aromatic rings. The molecule has 8 unspecified atom stereocenters. The number of carbonyl (C=O) groups excluding carboxylic acids is 1. The van der Waals surface area contributed by atoms with Gasteiger partial charge in [0.2, 0.25) is 5.91 Å². The lowest BCUT2D eigenvalue weighted by Gasteiger charge is -2.41. The van der Waals surface area contributed by atoms with Gasteiger partial charge in [0.25, 0.3) is 0 Å². The fourth-order valence-corrected chi connectivity index (χ4v) is 8.48. The van der Waals surface area contributed by atoms with Crippen molar-refractivity contribution in [3.8, 4) is 0 Å². The number of phosphoric ester groups is 1. The van der Waals surface area contributed by atoms with E-state index < -0.39 is 75.2 Å². The van der Waals surface area contributed by atoms with Crippen LogP contribution in [0.2, 0.25) is 0 Å². The molecule has 0 saturated heterocycles. The molecule has 0 bridgehead atoms. The van der Waals surface area contributed by atoms with Gasteiger partial charge in [-0.1, -0.05) is 185 Å². The second-order valence-corrected chi connectivity index (χ2v) is 18.5. The zero-order valence-corrected chi connectivity index (χ0v) is 38.7. The van der Waals surface area contributed by atoms with Gasteiger partial charge in [-0.2, -0.15) is 0 Å². The fraction of sp³-hybridized carbons (Fsp3) is 0.851. The maximum absolute atomic E-state index is 13.0. The van der Waals surface area contributed by atoms with Crippen molar-refractivity contribution < 1.29 is 59.0 Å². The minimum absolute atomic E-state index is 0.254. The van der Waals surface area contributed by atoms with Crippen molar-refractivity contribution in [1.29, 1.82) is 0 Å². The lowest BCUT2D eigenvalue weighted by atomic mass is 9.85. The summed E-state index contributed by atoms with van der Waals surface area (Å²) >= 11 is 0. The van der Waals surface area contributed by atoms with E-state index in [2.05, 4.69) is 37.4 Å². The van der Waals surface area contributed by atoms with Crippen molar-refractivity contribution >= 4 is 13.7 Å². The monoisotopic (exact) mass is 890 g/mol. The van der Waals surface area contributed by atoms with E-state index >= 15 is 0 Å². The standard InChI is InChI=1S/C47H88NO12P/c1-3-5-7-9-11-13-15-16-17-18-19-20-21-22-23-25-26-28-30-32-34-38(49)36-41(51)48-39(40(50)35-33-31-29-27-24-14-12-10-8-6-4-2)37-59-61(57,58)60-47-45(55)43(53)42(52)44(54)46(47)56/h8,10,24,27,33,35,38-40,42-47,49-50,52-56H,3-7,9,11-23,25-26,28-32,34,36-37H2,1-2H3,(H,48,51)(H,57,58)/b10-8+,27-24+,35-33+. The van der Waals surface area contributed by atoms with Gasteiger partial charge in [0.15, 0.2) is 0 Å². The second kappa shape index (κ2) is 36.8. The number of rotatable bonds is 39. The van der Waals surface area contributed by atoms with Gasteiger partial charge < -0.3 is 46.0 Å². The number of allylic oxidation sites excluding steroid dienone is 5. The molecule has 1 aliphatic rings. The van der Waals surface area contributed by atoms with Gasteiger partial charge in [-0.25, -0.2) is 4.57 Å². The largest absolute Gasteiger partial charge is 0.472 e. The van der Waals surface area contributed by atoms with Crippen molar-refractivity contribution in [1.82, 2.24) is 5.32 Å². The van der Waals surface area contributed by atoms with Crippen LogP contribution in [-0.2, 0) is 18.4 Å². The lowest BCUT2D eigenvalue weighted by Crippen LogP contribution is -2.64. The third-order valence-corrected chi connectivity index (χ3v) is 12.4. The molecule has 1 aliphatic carbocycles. The number of amides is 1. The van der Waals surface area contributed by atoms with Crippen LogP contribution >= 0.6 is 7.82 Å². The molecule has 1 rings (SSSR count). The predicted octanol–water partition coefficient (Wildman–Crippen LogP) is 8.14. The van der Waals surface area contributed by atoms with Crippen LogP contribution in [0.1, 0.15) is 194 Å². The molecule has 0 aliphatic heterocycles. The van der Waals surface area contributed by atoms with Gasteiger partial charge in [0.05, 0.1) is 31.3 Å². The molecule has 14 heteroatoms. The number of aliphatic hydroxyl groups is 7. The van der Waals surface area contributed by atoms with Gasteiger partial charge in [0, 0.05) is 0 Å². The zero-order chi connectivity index (χ0) is 45.1. The van der Waals surface area contributed by atoms with E-state index in [0.717, 1.165) is 51.4 Å². The van der Waals surface area contributed by atoms with Crippen LogP contribution < -0.4 is 5.32 Å². The van der Waals surface area contributed by atoms with Crippen molar-refractivity contribution in [2.75, 3.05) is 6.61 Å². The molecule has 61 heavy (non-hydrogen) atoms. The van der Waals surface area contributed by atoms with Crippen LogP contribution in [0.15, 0.2) is 36.5 Å². The second-order valence-electron chi connectivity index (χ2n) is 17.1. The Hall–Kier alpha value is -1.48. The van der Waals surface area contributed by atoms with E-state index in [9.17, 15) is 50.0 Å². The van der Waals surface area contributed by atoms with Gasteiger partial charge >= 0.3 is 7.82 Å². The van der Waals surface area contributed by atoms with Crippen LogP contribution in [0.5, 0.6) is 0 Å². The molecule has 0 radical (unpaired) electrons. The molecular formula is C47H88NO12P. The highest BCUT2D eigenvalue weighted by Gasteiger charge is 2.51. The molecule has 9 N–H and O–H groups in total. The summed E-state index contributed by atoms with van der Waals surface area (Å²) in [7, 11) is -5.15. The van der Waals surface area contributed by atoms with E-state index in [-0.39, 0.29) is 6.42 Å². The van der Waals surface area contributed by atoms with E-state index in [4.69, 9.17) is 9.05 Å². The van der Waals surface area contributed by atoms with E-state index in [1.165, 1.54) is 109 Å². The Balaban J connectivity index is 2.46. The van der Waals surface area contributed by atoms with Crippen LogP contribution in [0, 0.1) is 0 Å². The maximum Gasteiger partial charge on any atom is 0.472 e. The number of unbranched alkanes of at least 4 members (excludes halogenated alkanes) is 22. The first-order valence-electron chi connectivity index (χ1n) is 24.0. The summed E-state index contributed by atoms with van der Waals surface area (Å²) in [5, 5.41) is 74.3. The number of hydrogen-bond acceptors (Lipinski definition) is 11. The van der Waals surface area contributed by atoms with Crippen molar-refractivity contribution in [2.24, 2.45) is 0 Å². The first kappa shape index (κ1) is 57.5. The topological polar surface area (TPSA) is 226 Å². The van der Waals surface area contributed by atoms with Crippen molar-refractivity contribution in [3.63, 3.8) is 0 Å². The van der Waals surface area contributed by atoms with Crippen LogP contribution in [0.3, 0.4) is 0 Å². The highest BCUT2D eigenvalue weighted by molar-refractivity contribution is 7.47. The number of hydrogen-bond donors (Lipinski definition) is 9. The first-order chi connectivity index (χ1) is 29.3. The zero-order valence-electron chi connectivity index (χ0n) is 37.8. The average Bonchev–Trinajstić information content (AvgIpc) is 3.23. The van der Waals surface area contributed by atoms with E-state index in [1.54, 1.807) is 6.08 Å². The van der Waals surface area contributed by atoms with E-state index in [1.807, 2.05) is 6.08 Å².